The zero-order valence-corrected chi connectivity index (χ0v) is 12.6. The lowest BCUT2D eigenvalue weighted by Crippen LogP contribution is -2.37. The van der Waals surface area contributed by atoms with Gasteiger partial charge in [-0.15, -0.1) is 0 Å². The number of likely N-dealkylation sites (tertiary alicyclic amines) is 1. The van der Waals surface area contributed by atoms with Crippen LogP contribution in [0, 0.1) is 26.7 Å². The van der Waals surface area contributed by atoms with Crippen LogP contribution in [0.2, 0.25) is 0 Å². The first kappa shape index (κ1) is 14.1. The third kappa shape index (κ3) is 3.17. The number of carbonyl (C=O) groups excluding carboxylic acids is 1. The minimum atomic E-state index is 0.215. The average molecular weight is 263 g/mol. The van der Waals surface area contributed by atoms with Crippen LogP contribution in [0.15, 0.2) is 0 Å². The smallest absolute Gasteiger partial charge is 0.219 e. The highest BCUT2D eigenvalue weighted by Gasteiger charge is 2.20. The van der Waals surface area contributed by atoms with Gasteiger partial charge in [-0.05, 0) is 51.5 Å². The first-order valence-electron chi connectivity index (χ1n) is 7.25. The van der Waals surface area contributed by atoms with Crippen molar-refractivity contribution in [3.05, 3.63) is 17.0 Å². The number of piperidine rings is 1. The molecule has 0 saturated carbocycles. The zero-order chi connectivity index (χ0) is 14.0. The Hall–Kier alpha value is -1.32. The van der Waals surface area contributed by atoms with Crippen molar-refractivity contribution in [2.24, 2.45) is 5.92 Å². The van der Waals surface area contributed by atoms with Crippen molar-refractivity contribution >= 4 is 5.91 Å². The summed E-state index contributed by atoms with van der Waals surface area (Å²) < 4.78 is 2.14. The van der Waals surface area contributed by atoms with E-state index >= 15 is 0 Å². The molecule has 4 nitrogen and oxygen atoms in total. The predicted molar refractivity (Wildman–Crippen MR) is 76.0 cm³/mol. The molecule has 2 rings (SSSR count). The number of hydrogen-bond donors (Lipinski definition) is 0. The molecule has 1 amide bonds. The van der Waals surface area contributed by atoms with E-state index in [0.29, 0.717) is 0 Å². The number of hydrogen-bond acceptors (Lipinski definition) is 2. The highest BCUT2D eigenvalue weighted by Crippen LogP contribution is 2.22. The monoisotopic (exact) mass is 263 g/mol. The molecule has 19 heavy (non-hydrogen) atoms. The van der Waals surface area contributed by atoms with E-state index in [1.165, 1.54) is 17.7 Å². The second-order valence-corrected chi connectivity index (χ2v) is 5.76. The van der Waals surface area contributed by atoms with Crippen LogP contribution in [0.25, 0.3) is 0 Å². The van der Waals surface area contributed by atoms with Crippen LogP contribution in [-0.4, -0.2) is 33.7 Å². The molecule has 0 aromatic carbocycles. The Bertz CT molecular complexity index is 456. The van der Waals surface area contributed by atoms with Crippen molar-refractivity contribution < 1.29 is 4.79 Å². The minimum Gasteiger partial charge on any atom is -0.343 e. The van der Waals surface area contributed by atoms with E-state index in [1.807, 2.05) is 4.90 Å². The van der Waals surface area contributed by atoms with Gasteiger partial charge < -0.3 is 4.90 Å². The standard InChI is InChI=1S/C15H25N3O/c1-11-12(2)16-18(13(11)3)10-7-15-5-8-17(9-6-15)14(4)19/h15H,5-10H2,1-4H3. The van der Waals surface area contributed by atoms with Crippen LogP contribution in [0.1, 0.15) is 43.1 Å². The van der Waals surface area contributed by atoms with E-state index in [-0.39, 0.29) is 5.91 Å². The second-order valence-electron chi connectivity index (χ2n) is 5.76. The Labute approximate surface area is 115 Å². The topological polar surface area (TPSA) is 38.1 Å². The lowest BCUT2D eigenvalue weighted by atomic mass is 9.93. The van der Waals surface area contributed by atoms with Gasteiger partial charge >= 0.3 is 0 Å². The normalized spacial score (nSPS) is 16.9. The summed E-state index contributed by atoms with van der Waals surface area (Å²) in [7, 11) is 0. The highest BCUT2D eigenvalue weighted by molar-refractivity contribution is 5.73. The maximum atomic E-state index is 11.3. The average Bonchev–Trinajstić information content (AvgIpc) is 2.64. The Kier molecular flexibility index (Phi) is 4.27. The van der Waals surface area contributed by atoms with Crippen LogP contribution in [0.5, 0.6) is 0 Å². The van der Waals surface area contributed by atoms with Crippen molar-refractivity contribution in [2.75, 3.05) is 13.1 Å². The van der Waals surface area contributed by atoms with Crippen LogP contribution in [0.4, 0.5) is 0 Å². The lowest BCUT2D eigenvalue weighted by molar-refractivity contribution is -0.130. The van der Waals surface area contributed by atoms with E-state index in [2.05, 4.69) is 30.6 Å². The van der Waals surface area contributed by atoms with Gasteiger partial charge in [0.25, 0.3) is 0 Å². The molecule has 4 heteroatoms. The first-order chi connectivity index (χ1) is 8.99. The van der Waals surface area contributed by atoms with Crippen LogP contribution >= 0.6 is 0 Å². The number of rotatable bonds is 3. The molecule has 1 aromatic rings. The van der Waals surface area contributed by atoms with E-state index in [9.17, 15) is 4.79 Å². The van der Waals surface area contributed by atoms with Gasteiger partial charge in [0, 0.05) is 32.3 Å². The summed E-state index contributed by atoms with van der Waals surface area (Å²) in [5, 5.41) is 4.59. The zero-order valence-electron chi connectivity index (χ0n) is 12.6. The summed E-state index contributed by atoms with van der Waals surface area (Å²) in [5.41, 5.74) is 3.74. The molecule has 2 heterocycles. The Balaban J connectivity index is 1.84. The van der Waals surface area contributed by atoms with E-state index < -0.39 is 0 Å². The SMILES string of the molecule is CC(=O)N1CCC(CCn2nc(C)c(C)c2C)CC1. The lowest BCUT2D eigenvalue weighted by Gasteiger charge is -2.31. The molecule has 0 unspecified atom stereocenters. The molecule has 0 radical (unpaired) electrons. The second kappa shape index (κ2) is 5.76. The fourth-order valence-corrected chi connectivity index (χ4v) is 2.85. The van der Waals surface area contributed by atoms with Crippen LogP contribution in [0.3, 0.4) is 0 Å². The summed E-state index contributed by atoms with van der Waals surface area (Å²) in [4.78, 5) is 13.2. The molecule has 0 bridgehead atoms. The van der Waals surface area contributed by atoms with Crippen molar-refractivity contribution in [3.8, 4) is 0 Å². The molecule has 0 N–H and O–H groups in total. The van der Waals surface area contributed by atoms with Gasteiger partial charge in [-0.25, -0.2) is 0 Å². The first-order valence-corrected chi connectivity index (χ1v) is 7.25. The van der Waals surface area contributed by atoms with Gasteiger partial charge in [-0.1, -0.05) is 0 Å². The van der Waals surface area contributed by atoms with Crippen molar-refractivity contribution in [1.82, 2.24) is 14.7 Å². The van der Waals surface area contributed by atoms with Gasteiger partial charge in [0.15, 0.2) is 0 Å². The quantitative estimate of drug-likeness (QED) is 0.840. The summed E-state index contributed by atoms with van der Waals surface area (Å²) >= 11 is 0. The molecule has 0 atom stereocenters. The number of carbonyl (C=O) groups is 1. The number of amides is 1. The molecule has 1 aromatic heterocycles. The van der Waals surface area contributed by atoms with E-state index in [1.54, 1.807) is 6.92 Å². The number of aromatic nitrogens is 2. The Morgan fingerprint density at radius 3 is 2.37 bits per heavy atom. The number of aryl methyl sites for hydroxylation is 2. The molecule has 0 spiro atoms. The summed E-state index contributed by atoms with van der Waals surface area (Å²) in [5.74, 6) is 0.951. The molecular formula is C15H25N3O. The maximum Gasteiger partial charge on any atom is 0.219 e. The largest absolute Gasteiger partial charge is 0.343 e. The van der Waals surface area contributed by atoms with Gasteiger partial charge in [0.1, 0.15) is 0 Å². The Morgan fingerprint density at radius 2 is 1.89 bits per heavy atom. The summed E-state index contributed by atoms with van der Waals surface area (Å²) in [6, 6.07) is 0. The summed E-state index contributed by atoms with van der Waals surface area (Å²) in [6.07, 6.45) is 3.45. The molecular weight excluding hydrogens is 238 g/mol. The van der Waals surface area contributed by atoms with Gasteiger partial charge in [-0.2, -0.15) is 5.10 Å². The van der Waals surface area contributed by atoms with Crippen molar-refractivity contribution in [2.45, 2.75) is 53.5 Å². The third-order valence-electron chi connectivity index (χ3n) is 4.55. The molecule has 0 aliphatic carbocycles. The molecule has 1 saturated heterocycles. The summed E-state index contributed by atoms with van der Waals surface area (Å²) in [6.45, 7) is 10.9. The van der Waals surface area contributed by atoms with Gasteiger partial charge in [-0.3, -0.25) is 9.48 Å². The van der Waals surface area contributed by atoms with Gasteiger partial charge in [0.2, 0.25) is 5.91 Å². The molecule has 106 valence electrons. The minimum absolute atomic E-state index is 0.215. The van der Waals surface area contributed by atoms with Gasteiger partial charge in [0.05, 0.1) is 5.69 Å². The molecule has 1 fully saturated rings. The van der Waals surface area contributed by atoms with E-state index in [4.69, 9.17) is 0 Å². The van der Waals surface area contributed by atoms with Crippen molar-refractivity contribution in [1.29, 1.82) is 0 Å². The maximum absolute atomic E-state index is 11.3. The van der Waals surface area contributed by atoms with Crippen LogP contribution < -0.4 is 0 Å². The highest BCUT2D eigenvalue weighted by atomic mass is 16.2. The van der Waals surface area contributed by atoms with Crippen molar-refractivity contribution in [3.63, 3.8) is 0 Å². The molecule has 1 aliphatic rings. The predicted octanol–water partition coefficient (Wildman–Crippen LogP) is 2.46. The van der Waals surface area contributed by atoms with E-state index in [0.717, 1.165) is 44.1 Å². The fourth-order valence-electron chi connectivity index (χ4n) is 2.85. The van der Waals surface area contributed by atoms with Crippen LogP contribution in [-0.2, 0) is 11.3 Å². The Morgan fingerprint density at radius 1 is 1.26 bits per heavy atom. The fraction of sp³-hybridized carbons (Fsp3) is 0.733. The number of nitrogens with zero attached hydrogens (tertiary/aromatic N) is 3. The molecule has 1 aliphatic heterocycles. The third-order valence-corrected chi connectivity index (χ3v) is 4.55.